The highest BCUT2D eigenvalue weighted by Crippen LogP contribution is 2.36. The summed E-state index contributed by atoms with van der Waals surface area (Å²) in [4.78, 5) is 31.7. The number of piperidine rings is 2. The second kappa shape index (κ2) is 8.56. The lowest BCUT2D eigenvalue weighted by Gasteiger charge is -2.40. The molecule has 1 amide bonds. The SMILES string of the molecule is CCN(C(=O)C1CCN(c2ncnc3sc(C)c(C)c23)CC1)C1CCN(C)CC1. The van der Waals surface area contributed by atoms with Crippen LogP contribution in [0.2, 0.25) is 0 Å². The summed E-state index contributed by atoms with van der Waals surface area (Å²) in [5.41, 5.74) is 1.29. The number of hydrogen-bond donors (Lipinski definition) is 0. The van der Waals surface area contributed by atoms with Crippen LogP contribution in [-0.4, -0.2) is 71.5 Å². The number of nitrogens with zero attached hydrogens (tertiary/aromatic N) is 5. The highest BCUT2D eigenvalue weighted by molar-refractivity contribution is 7.18. The van der Waals surface area contributed by atoms with Crippen LogP contribution in [0.15, 0.2) is 6.33 Å². The molecule has 0 saturated carbocycles. The van der Waals surface area contributed by atoms with E-state index in [1.807, 2.05) is 0 Å². The predicted octanol–water partition coefficient (Wildman–Crippen LogP) is 3.47. The van der Waals surface area contributed by atoms with Crippen LogP contribution in [0.4, 0.5) is 5.82 Å². The quantitative estimate of drug-likeness (QED) is 0.765. The summed E-state index contributed by atoms with van der Waals surface area (Å²) in [6.45, 7) is 11.2. The number of carbonyl (C=O) groups is 1. The van der Waals surface area contributed by atoms with Crippen molar-refractivity contribution in [2.75, 3.05) is 44.7 Å². The first-order chi connectivity index (χ1) is 14.0. The Morgan fingerprint density at radius 2 is 1.83 bits per heavy atom. The van der Waals surface area contributed by atoms with Crippen molar-refractivity contribution in [2.24, 2.45) is 5.92 Å². The van der Waals surface area contributed by atoms with Crippen LogP contribution in [0, 0.1) is 19.8 Å². The summed E-state index contributed by atoms with van der Waals surface area (Å²) in [6, 6.07) is 0.416. The van der Waals surface area contributed by atoms with Gasteiger partial charge in [-0.15, -0.1) is 11.3 Å². The third-order valence-electron chi connectivity index (χ3n) is 6.84. The van der Waals surface area contributed by atoms with Crippen molar-refractivity contribution in [3.63, 3.8) is 0 Å². The smallest absolute Gasteiger partial charge is 0.226 e. The van der Waals surface area contributed by atoms with E-state index in [0.29, 0.717) is 11.9 Å². The highest BCUT2D eigenvalue weighted by Gasteiger charge is 2.33. The van der Waals surface area contributed by atoms with Crippen LogP contribution >= 0.6 is 11.3 Å². The van der Waals surface area contributed by atoms with Gasteiger partial charge >= 0.3 is 0 Å². The van der Waals surface area contributed by atoms with Gasteiger partial charge in [0.15, 0.2) is 0 Å². The minimum Gasteiger partial charge on any atom is -0.356 e. The maximum atomic E-state index is 13.3. The summed E-state index contributed by atoms with van der Waals surface area (Å²) in [7, 11) is 2.17. The molecule has 2 aromatic heterocycles. The maximum absolute atomic E-state index is 13.3. The molecule has 4 rings (SSSR count). The van der Waals surface area contributed by atoms with Gasteiger partial charge in [0.2, 0.25) is 5.91 Å². The maximum Gasteiger partial charge on any atom is 0.226 e. The van der Waals surface area contributed by atoms with Gasteiger partial charge < -0.3 is 14.7 Å². The van der Waals surface area contributed by atoms with Crippen molar-refractivity contribution in [2.45, 2.75) is 52.5 Å². The number of likely N-dealkylation sites (tertiary alicyclic amines) is 1. The van der Waals surface area contributed by atoms with Crippen molar-refractivity contribution in [1.82, 2.24) is 19.8 Å². The summed E-state index contributed by atoms with van der Waals surface area (Å²) in [5.74, 6) is 1.57. The molecule has 2 aliphatic heterocycles. The average Bonchev–Trinajstić information content (AvgIpc) is 3.04. The summed E-state index contributed by atoms with van der Waals surface area (Å²) < 4.78 is 0. The molecule has 7 heteroatoms. The Kier molecular flexibility index (Phi) is 6.06. The zero-order valence-electron chi connectivity index (χ0n) is 18.1. The Balaban J connectivity index is 1.43. The molecule has 2 aliphatic rings. The lowest BCUT2D eigenvalue weighted by Crippen LogP contribution is -2.50. The molecule has 0 spiro atoms. The van der Waals surface area contributed by atoms with Crippen molar-refractivity contribution in [3.05, 3.63) is 16.8 Å². The van der Waals surface area contributed by atoms with Crippen LogP contribution in [-0.2, 0) is 4.79 Å². The Bertz CT molecular complexity index is 865. The Morgan fingerprint density at radius 3 is 2.48 bits per heavy atom. The number of amides is 1. The van der Waals surface area contributed by atoms with Crippen LogP contribution < -0.4 is 4.90 Å². The van der Waals surface area contributed by atoms with Gasteiger partial charge in [-0.05, 0) is 72.2 Å². The summed E-state index contributed by atoms with van der Waals surface area (Å²) >= 11 is 1.74. The zero-order valence-corrected chi connectivity index (χ0v) is 19.0. The van der Waals surface area contributed by atoms with E-state index in [2.05, 4.69) is 52.5 Å². The van der Waals surface area contributed by atoms with Crippen LogP contribution in [0.25, 0.3) is 10.2 Å². The van der Waals surface area contributed by atoms with Gasteiger partial charge in [-0.1, -0.05) is 0 Å². The number of rotatable bonds is 4. The number of carbonyl (C=O) groups excluding carboxylic acids is 1. The van der Waals surface area contributed by atoms with E-state index < -0.39 is 0 Å². The van der Waals surface area contributed by atoms with Crippen molar-refractivity contribution < 1.29 is 4.79 Å². The van der Waals surface area contributed by atoms with Crippen LogP contribution in [0.3, 0.4) is 0 Å². The number of aromatic nitrogens is 2. The largest absolute Gasteiger partial charge is 0.356 e. The van der Waals surface area contributed by atoms with E-state index in [1.54, 1.807) is 17.7 Å². The second-order valence-electron chi connectivity index (χ2n) is 8.58. The predicted molar refractivity (Wildman–Crippen MR) is 120 cm³/mol. The molecule has 0 aromatic carbocycles. The molecule has 6 nitrogen and oxygen atoms in total. The molecule has 0 unspecified atom stereocenters. The summed E-state index contributed by atoms with van der Waals surface area (Å²) in [5, 5.41) is 1.20. The number of anilines is 1. The molecule has 0 aliphatic carbocycles. The fraction of sp³-hybridized carbons (Fsp3) is 0.682. The number of aryl methyl sites for hydroxylation is 2. The minimum atomic E-state index is 0.147. The third kappa shape index (κ3) is 3.99. The van der Waals surface area contributed by atoms with E-state index in [9.17, 15) is 4.79 Å². The number of fused-ring (bicyclic) bond motifs is 1. The molecule has 0 atom stereocenters. The van der Waals surface area contributed by atoms with Crippen molar-refractivity contribution >= 4 is 33.3 Å². The zero-order chi connectivity index (χ0) is 20.5. The molecule has 2 saturated heterocycles. The number of thiophene rings is 1. The standard InChI is InChI=1S/C22H33N5OS/c1-5-27(18-8-10-25(4)11-9-18)22(28)17-6-12-26(13-7-17)20-19-15(2)16(3)29-21(19)24-14-23-20/h14,17-18H,5-13H2,1-4H3. The normalized spacial score (nSPS) is 19.8. The fourth-order valence-electron chi connectivity index (χ4n) is 4.88. The van der Waals surface area contributed by atoms with E-state index in [1.165, 1.54) is 15.8 Å². The van der Waals surface area contributed by atoms with Gasteiger partial charge in [0, 0.05) is 36.5 Å². The van der Waals surface area contributed by atoms with E-state index >= 15 is 0 Å². The second-order valence-corrected chi connectivity index (χ2v) is 9.78. The van der Waals surface area contributed by atoms with Crippen molar-refractivity contribution in [1.29, 1.82) is 0 Å². The summed E-state index contributed by atoms with van der Waals surface area (Å²) in [6.07, 6.45) is 5.71. The Morgan fingerprint density at radius 1 is 1.14 bits per heavy atom. The van der Waals surface area contributed by atoms with Crippen molar-refractivity contribution in [3.8, 4) is 0 Å². The molecular formula is C22H33N5OS. The number of hydrogen-bond acceptors (Lipinski definition) is 6. The van der Waals surface area contributed by atoms with Gasteiger partial charge in [-0.2, -0.15) is 0 Å². The molecule has 0 radical (unpaired) electrons. The van der Waals surface area contributed by atoms with E-state index in [-0.39, 0.29) is 5.92 Å². The molecule has 0 bridgehead atoms. The molecule has 2 aromatic rings. The molecule has 0 N–H and O–H groups in total. The molecule has 158 valence electrons. The fourth-order valence-corrected chi connectivity index (χ4v) is 5.87. The Hall–Kier alpha value is -1.73. The highest BCUT2D eigenvalue weighted by atomic mass is 32.1. The average molecular weight is 416 g/mol. The van der Waals surface area contributed by atoms with Gasteiger partial charge in [-0.3, -0.25) is 4.79 Å². The minimum absolute atomic E-state index is 0.147. The topological polar surface area (TPSA) is 52.6 Å². The molecular weight excluding hydrogens is 382 g/mol. The van der Waals surface area contributed by atoms with Gasteiger partial charge in [0.25, 0.3) is 0 Å². The Labute approximate surface area is 177 Å². The van der Waals surface area contributed by atoms with Gasteiger partial charge in [0.1, 0.15) is 17.0 Å². The first-order valence-corrected chi connectivity index (χ1v) is 11.8. The lowest BCUT2D eigenvalue weighted by atomic mass is 9.93. The lowest BCUT2D eigenvalue weighted by molar-refractivity contribution is -0.139. The van der Waals surface area contributed by atoms with Gasteiger partial charge in [-0.25, -0.2) is 9.97 Å². The first-order valence-electron chi connectivity index (χ1n) is 10.9. The first kappa shape index (κ1) is 20.5. The van der Waals surface area contributed by atoms with E-state index in [0.717, 1.165) is 69.1 Å². The molecule has 4 heterocycles. The molecule has 2 fully saturated rings. The molecule has 29 heavy (non-hydrogen) atoms. The monoisotopic (exact) mass is 415 g/mol. The van der Waals surface area contributed by atoms with Crippen LogP contribution in [0.5, 0.6) is 0 Å². The van der Waals surface area contributed by atoms with Gasteiger partial charge in [0.05, 0.1) is 5.39 Å². The van der Waals surface area contributed by atoms with E-state index in [4.69, 9.17) is 0 Å². The third-order valence-corrected chi connectivity index (χ3v) is 7.96. The van der Waals surface area contributed by atoms with Crippen LogP contribution in [0.1, 0.15) is 43.0 Å².